The Morgan fingerprint density at radius 2 is 1.92 bits per heavy atom. The normalized spacial score (nSPS) is 31.5. The Kier molecular flexibility index (Phi) is 2.06. The van der Waals surface area contributed by atoms with E-state index in [1.54, 1.807) is 0 Å². The Labute approximate surface area is 77.6 Å². The van der Waals surface area contributed by atoms with Gasteiger partial charge in [-0.05, 0) is 19.3 Å². The first-order valence-electron chi connectivity index (χ1n) is 4.58. The molecule has 1 aliphatic heterocycles. The molecule has 2 fully saturated rings. The number of rotatable bonds is 2. The average Bonchev–Trinajstić information content (AvgIpc) is 2.78. The number of hydrogen-bond donors (Lipinski definition) is 1. The molecule has 0 bridgehead atoms. The molecule has 0 aromatic carbocycles. The lowest BCUT2D eigenvalue weighted by Gasteiger charge is -2.09. The second-order valence-corrected chi connectivity index (χ2v) is 6.11. The first kappa shape index (κ1) is 8.99. The van der Waals surface area contributed by atoms with Gasteiger partial charge in [0, 0.05) is 12.0 Å². The maximum absolute atomic E-state index is 11.3. The van der Waals surface area contributed by atoms with E-state index in [9.17, 15) is 13.2 Å². The van der Waals surface area contributed by atoms with Crippen LogP contribution in [0.4, 0.5) is 0 Å². The summed E-state index contributed by atoms with van der Waals surface area (Å²) in [5, 5.41) is 2.78. The van der Waals surface area contributed by atoms with Crippen molar-refractivity contribution in [2.75, 3.05) is 11.5 Å². The second-order valence-electron chi connectivity index (χ2n) is 3.88. The Hall–Kier alpha value is -0.580. The zero-order chi connectivity index (χ0) is 9.47. The first-order valence-corrected chi connectivity index (χ1v) is 6.40. The molecule has 1 aliphatic carbocycles. The fourth-order valence-corrected chi connectivity index (χ4v) is 3.25. The molecule has 2 aliphatic rings. The summed E-state index contributed by atoms with van der Waals surface area (Å²) in [6.07, 6.45) is 2.51. The van der Waals surface area contributed by atoms with Crippen molar-refractivity contribution in [2.45, 2.75) is 25.3 Å². The van der Waals surface area contributed by atoms with Gasteiger partial charge in [0.15, 0.2) is 9.84 Å². The van der Waals surface area contributed by atoms with Crippen LogP contribution in [0, 0.1) is 5.92 Å². The number of sulfone groups is 1. The molecule has 0 radical (unpaired) electrons. The van der Waals surface area contributed by atoms with Gasteiger partial charge in [0.1, 0.15) is 0 Å². The monoisotopic (exact) mass is 203 g/mol. The van der Waals surface area contributed by atoms with Gasteiger partial charge in [-0.1, -0.05) is 0 Å². The van der Waals surface area contributed by atoms with E-state index in [0.29, 0.717) is 6.42 Å². The molecular formula is C8H13NO3S. The minimum Gasteiger partial charge on any atom is -0.352 e. The van der Waals surface area contributed by atoms with Gasteiger partial charge in [-0.15, -0.1) is 0 Å². The quantitative estimate of drug-likeness (QED) is 0.670. The van der Waals surface area contributed by atoms with Gasteiger partial charge in [0.2, 0.25) is 5.91 Å². The van der Waals surface area contributed by atoms with Gasteiger partial charge in [0.05, 0.1) is 11.5 Å². The highest BCUT2D eigenvalue weighted by atomic mass is 32.2. The summed E-state index contributed by atoms with van der Waals surface area (Å²) in [4.78, 5) is 11.3. The highest BCUT2D eigenvalue weighted by Crippen LogP contribution is 2.29. The molecule has 4 nitrogen and oxygen atoms in total. The summed E-state index contributed by atoms with van der Waals surface area (Å²) >= 11 is 0. The molecule has 0 spiro atoms. The van der Waals surface area contributed by atoms with Crippen molar-refractivity contribution in [3.8, 4) is 0 Å². The van der Waals surface area contributed by atoms with Gasteiger partial charge in [-0.2, -0.15) is 0 Å². The molecule has 1 heterocycles. The smallest absolute Gasteiger partial charge is 0.223 e. The Bertz CT molecular complexity index is 318. The fourth-order valence-electron chi connectivity index (χ4n) is 1.57. The zero-order valence-electron chi connectivity index (χ0n) is 7.32. The lowest BCUT2D eigenvalue weighted by molar-refractivity contribution is -0.122. The third kappa shape index (κ3) is 2.21. The van der Waals surface area contributed by atoms with E-state index in [1.165, 1.54) is 0 Å². The van der Waals surface area contributed by atoms with E-state index in [0.717, 1.165) is 12.8 Å². The van der Waals surface area contributed by atoms with Gasteiger partial charge in [-0.25, -0.2) is 8.42 Å². The molecular weight excluding hydrogens is 190 g/mol. The van der Waals surface area contributed by atoms with Gasteiger partial charge < -0.3 is 5.32 Å². The van der Waals surface area contributed by atoms with E-state index in [4.69, 9.17) is 0 Å². The Morgan fingerprint density at radius 3 is 2.38 bits per heavy atom. The van der Waals surface area contributed by atoms with E-state index in [2.05, 4.69) is 5.32 Å². The molecule has 1 N–H and O–H groups in total. The molecule has 5 heteroatoms. The van der Waals surface area contributed by atoms with Gasteiger partial charge in [-0.3, -0.25) is 4.79 Å². The third-order valence-electron chi connectivity index (χ3n) is 2.53. The van der Waals surface area contributed by atoms with Crippen LogP contribution < -0.4 is 5.32 Å². The van der Waals surface area contributed by atoms with Crippen LogP contribution in [-0.4, -0.2) is 31.9 Å². The number of amides is 1. The Morgan fingerprint density at radius 1 is 1.23 bits per heavy atom. The number of nitrogens with one attached hydrogen (secondary N) is 1. The highest BCUT2D eigenvalue weighted by Gasteiger charge is 2.34. The largest absolute Gasteiger partial charge is 0.352 e. The van der Waals surface area contributed by atoms with E-state index in [1.807, 2.05) is 0 Å². The molecule has 74 valence electrons. The van der Waals surface area contributed by atoms with E-state index >= 15 is 0 Å². The van der Waals surface area contributed by atoms with Crippen LogP contribution in [0.25, 0.3) is 0 Å². The molecule has 0 unspecified atom stereocenters. The van der Waals surface area contributed by atoms with Crippen LogP contribution in [0.2, 0.25) is 0 Å². The molecule has 1 saturated carbocycles. The first-order chi connectivity index (χ1) is 6.07. The Balaban J connectivity index is 1.86. The highest BCUT2D eigenvalue weighted by molar-refractivity contribution is 7.91. The van der Waals surface area contributed by atoms with E-state index in [-0.39, 0.29) is 29.4 Å². The minimum atomic E-state index is -2.86. The summed E-state index contributed by atoms with van der Waals surface area (Å²) in [6.45, 7) is 0. The summed E-state index contributed by atoms with van der Waals surface area (Å²) < 4.78 is 22.1. The predicted molar refractivity (Wildman–Crippen MR) is 47.9 cm³/mol. The molecule has 1 amide bonds. The van der Waals surface area contributed by atoms with Crippen molar-refractivity contribution < 1.29 is 13.2 Å². The average molecular weight is 203 g/mol. The molecule has 13 heavy (non-hydrogen) atoms. The van der Waals surface area contributed by atoms with Crippen molar-refractivity contribution in [1.82, 2.24) is 5.32 Å². The van der Waals surface area contributed by atoms with Crippen LogP contribution in [0.15, 0.2) is 0 Å². The van der Waals surface area contributed by atoms with Crippen molar-refractivity contribution in [1.29, 1.82) is 0 Å². The summed E-state index contributed by atoms with van der Waals surface area (Å²) in [6, 6.07) is -0.127. The number of carbonyl (C=O) groups is 1. The number of carbonyl (C=O) groups excluding carboxylic acids is 1. The van der Waals surface area contributed by atoms with Crippen LogP contribution >= 0.6 is 0 Å². The molecule has 0 aromatic rings. The van der Waals surface area contributed by atoms with Crippen LogP contribution in [0.5, 0.6) is 0 Å². The lowest BCUT2D eigenvalue weighted by atomic mass is 10.2. The SMILES string of the molecule is O=C(N[C@@H]1CCS(=O)(=O)C1)C1CC1. The van der Waals surface area contributed by atoms with Crippen molar-refractivity contribution in [3.05, 3.63) is 0 Å². The van der Waals surface area contributed by atoms with Crippen molar-refractivity contribution in [3.63, 3.8) is 0 Å². The lowest BCUT2D eigenvalue weighted by Crippen LogP contribution is -2.36. The topological polar surface area (TPSA) is 63.2 Å². The van der Waals surface area contributed by atoms with Crippen LogP contribution in [-0.2, 0) is 14.6 Å². The predicted octanol–water partition coefficient (Wildman–Crippen LogP) is -0.300. The molecule has 1 saturated heterocycles. The fraction of sp³-hybridized carbons (Fsp3) is 0.875. The maximum Gasteiger partial charge on any atom is 0.223 e. The summed E-state index contributed by atoms with van der Waals surface area (Å²) in [7, 11) is -2.86. The van der Waals surface area contributed by atoms with Crippen molar-refractivity contribution in [2.24, 2.45) is 5.92 Å². The standard InChI is InChI=1S/C8H13NO3S/c10-8(6-1-2-6)9-7-3-4-13(11,12)5-7/h6-7H,1-5H2,(H,9,10)/t7-/m1/s1. The summed E-state index contributed by atoms with van der Waals surface area (Å²) in [5.41, 5.74) is 0. The molecule has 0 aromatic heterocycles. The summed E-state index contributed by atoms with van der Waals surface area (Å²) in [5.74, 6) is 0.569. The molecule has 2 rings (SSSR count). The second kappa shape index (κ2) is 2.97. The van der Waals surface area contributed by atoms with Crippen LogP contribution in [0.3, 0.4) is 0 Å². The number of hydrogen-bond acceptors (Lipinski definition) is 3. The van der Waals surface area contributed by atoms with Crippen molar-refractivity contribution >= 4 is 15.7 Å². The minimum absolute atomic E-state index is 0.0436. The van der Waals surface area contributed by atoms with Crippen LogP contribution in [0.1, 0.15) is 19.3 Å². The zero-order valence-corrected chi connectivity index (χ0v) is 8.14. The van der Waals surface area contributed by atoms with Gasteiger partial charge >= 0.3 is 0 Å². The third-order valence-corrected chi connectivity index (χ3v) is 4.29. The van der Waals surface area contributed by atoms with Gasteiger partial charge in [0.25, 0.3) is 0 Å². The van der Waals surface area contributed by atoms with E-state index < -0.39 is 9.84 Å². The maximum atomic E-state index is 11.3. The molecule has 1 atom stereocenters.